The number of hydrogen-bond donors (Lipinski definition) is 1. The number of aryl methyl sites for hydroxylation is 2. The normalized spacial score (nSPS) is 11.1. The fraction of sp³-hybridized carbons (Fsp3) is 0.263. The molecule has 0 saturated carbocycles. The highest BCUT2D eigenvalue weighted by molar-refractivity contribution is 5.32. The quantitative estimate of drug-likeness (QED) is 0.527. The molecule has 0 aliphatic rings. The first-order chi connectivity index (χ1) is 14.0. The number of rotatable bonds is 6. The molecule has 0 spiro atoms. The van der Waals surface area contributed by atoms with Crippen molar-refractivity contribution in [2.24, 2.45) is 0 Å². The summed E-state index contributed by atoms with van der Waals surface area (Å²) in [6, 6.07) is 5.30. The Labute approximate surface area is 165 Å². The van der Waals surface area contributed by atoms with Gasteiger partial charge < -0.3 is 14.4 Å². The highest BCUT2D eigenvalue weighted by Crippen LogP contribution is 2.17. The van der Waals surface area contributed by atoms with Crippen LogP contribution in [0.25, 0.3) is 5.69 Å². The van der Waals surface area contributed by atoms with E-state index in [2.05, 4.69) is 15.2 Å². The molecule has 0 saturated heterocycles. The lowest BCUT2D eigenvalue weighted by Crippen LogP contribution is -2.23. The maximum absolute atomic E-state index is 12.8. The maximum Gasteiger partial charge on any atom is 0.336 e. The minimum Gasteiger partial charge on any atom is -0.493 e. The van der Waals surface area contributed by atoms with Gasteiger partial charge in [-0.05, 0) is 19.9 Å². The second-order valence-electron chi connectivity index (χ2n) is 6.60. The van der Waals surface area contributed by atoms with Crippen LogP contribution in [0.2, 0.25) is 0 Å². The van der Waals surface area contributed by atoms with E-state index in [-0.39, 0.29) is 12.4 Å². The molecule has 4 aromatic heterocycles. The third-order valence-corrected chi connectivity index (χ3v) is 4.64. The van der Waals surface area contributed by atoms with Crippen molar-refractivity contribution in [1.82, 2.24) is 29.1 Å². The van der Waals surface area contributed by atoms with Crippen LogP contribution in [0.15, 0.2) is 46.1 Å². The molecule has 0 aromatic carbocycles. The van der Waals surface area contributed by atoms with Crippen LogP contribution in [-0.4, -0.2) is 41.3 Å². The van der Waals surface area contributed by atoms with Crippen LogP contribution in [0, 0.1) is 13.8 Å². The van der Waals surface area contributed by atoms with Crippen LogP contribution in [0.5, 0.6) is 11.8 Å². The van der Waals surface area contributed by atoms with Gasteiger partial charge in [0.05, 0.1) is 49.7 Å². The van der Waals surface area contributed by atoms with Gasteiger partial charge in [-0.1, -0.05) is 11.2 Å². The van der Waals surface area contributed by atoms with Crippen LogP contribution >= 0.6 is 0 Å². The summed E-state index contributed by atoms with van der Waals surface area (Å²) in [5.74, 6) is 0.992. The molecule has 1 N–H and O–H groups in total. The molecular formula is C19H20N6O4. The first-order valence-corrected chi connectivity index (χ1v) is 8.92. The third kappa shape index (κ3) is 3.51. The summed E-state index contributed by atoms with van der Waals surface area (Å²) in [7, 11) is 1.53. The molecule has 0 bridgehead atoms. The zero-order valence-corrected chi connectivity index (χ0v) is 16.2. The van der Waals surface area contributed by atoms with Crippen molar-refractivity contribution in [3.8, 4) is 17.4 Å². The van der Waals surface area contributed by atoms with Gasteiger partial charge in [-0.3, -0.25) is 9.25 Å². The fourth-order valence-corrected chi connectivity index (χ4v) is 3.11. The smallest absolute Gasteiger partial charge is 0.336 e. The molecule has 0 amide bonds. The molecule has 0 aliphatic carbocycles. The van der Waals surface area contributed by atoms with Gasteiger partial charge in [0.15, 0.2) is 0 Å². The molecule has 4 rings (SSSR count). The predicted octanol–water partition coefficient (Wildman–Crippen LogP) is 1.65. The van der Waals surface area contributed by atoms with Crippen molar-refractivity contribution in [3.05, 3.63) is 70.0 Å². The first kappa shape index (κ1) is 18.5. The van der Waals surface area contributed by atoms with Crippen LogP contribution in [0.1, 0.15) is 22.7 Å². The summed E-state index contributed by atoms with van der Waals surface area (Å²) < 4.78 is 14.5. The minimum absolute atomic E-state index is 0.185. The van der Waals surface area contributed by atoms with E-state index in [0.29, 0.717) is 23.8 Å². The zero-order chi connectivity index (χ0) is 20.5. The number of aromatic hydroxyl groups is 1. The molecule has 0 unspecified atom stereocenters. The van der Waals surface area contributed by atoms with E-state index in [1.165, 1.54) is 28.6 Å². The Balaban J connectivity index is 1.61. The lowest BCUT2D eigenvalue weighted by molar-refractivity contribution is 0.391. The third-order valence-electron chi connectivity index (χ3n) is 4.64. The Morgan fingerprint density at radius 1 is 1.21 bits per heavy atom. The van der Waals surface area contributed by atoms with Gasteiger partial charge in [-0.15, -0.1) is 0 Å². The standard InChI is InChI=1S/C19H20N6O4/c1-12-16(13(2)29-22-12)10-24-9-15(7-20-24)25-18(26)11-23(19(25)27)8-14-5-4-6-17(21-14)28-3/h4-7,9,11,26H,8,10H2,1-3H3. The molecule has 4 aromatic rings. The average molecular weight is 396 g/mol. The second-order valence-corrected chi connectivity index (χ2v) is 6.60. The molecule has 0 atom stereocenters. The van der Waals surface area contributed by atoms with E-state index in [4.69, 9.17) is 9.26 Å². The summed E-state index contributed by atoms with van der Waals surface area (Å²) in [5, 5.41) is 18.6. The SMILES string of the molecule is COc1cccc(Cn2cc(O)n(-c3cnn(Cc4c(C)noc4C)c3)c2=O)n1. The summed E-state index contributed by atoms with van der Waals surface area (Å²) in [5.41, 5.74) is 2.41. The Morgan fingerprint density at radius 3 is 2.76 bits per heavy atom. The summed E-state index contributed by atoms with van der Waals surface area (Å²) in [6.07, 6.45) is 4.57. The van der Waals surface area contributed by atoms with Crippen molar-refractivity contribution < 1.29 is 14.4 Å². The van der Waals surface area contributed by atoms with E-state index < -0.39 is 5.69 Å². The van der Waals surface area contributed by atoms with Gasteiger partial charge in [-0.2, -0.15) is 5.10 Å². The van der Waals surface area contributed by atoms with Gasteiger partial charge >= 0.3 is 5.69 Å². The molecule has 0 radical (unpaired) electrons. The van der Waals surface area contributed by atoms with Crippen LogP contribution in [0.4, 0.5) is 0 Å². The van der Waals surface area contributed by atoms with Gasteiger partial charge in [0.2, 0.25) is 11.8 Å². The number of imidazole rings is 1. The number of nitrogens with zero attached hydrogens (tertiary/aromatic N) is 6. The topological polar surface area (TPSA) is 113 Å². The average Bonchev–Trinajstić information content (AvgIpc) is 3.37. The zero-order valence-electron chi connectivity index (χ0n) is 16.2. The number of aromatic nitrogens is 6. The largest absolute Gasteiger partial charge is 0.493 e. The fourth-order valence-electron chi connectivity index (χ4n) is 3.11. The Hall–Kier alpha value is -3.82. The van der Waals surface area contributed by atoms with Gasteiger partial charge in [0.25, 0.3) is 0 Å². The monoisotopic (exact) mass is 396 g/mol. The first-order valence-electron chi connectivity index (χ1n) is 8.92. The molecule has 0 fully saturated rings. The summed E-state index contributed by atoms with van der Waals surface area (Å²) in [6.45, 7) is 4.34. The van der Waals surface area contributed by atoms with E-state index in [0.717, 1.165) is 17.0 Å². The van der Waals surface area contributed by atoms with Crippen molar-refractivity contribution in [1.29, 1.82) is 0 Å². The molecule has 0 aliphatic heterocycles. The predicted molar refractivity (Wildman–Crippen MR) is 102 cm³/mol. The van der Waals surface area contributed by atoms with Gasteiger partial charge in [0, 0.05) is 17.8 Å². The Bertz CT molecular complexity index is 1200. The van der Waals surface area contributed by atoms with E-state index >= 15 is 0 Å². The lowest BCUT2D eigenvalue weighted by atomic mass is 10.2. The highest BCUT2D eigenvalue weighted by Gasteiger charge is 2.16. The molecule has 150 valence electrons. The molecule has 4 heterocycles. The van der Waals surface area contributed by atoms with Crippen molar-refractivity contribution in [2.75, 3.05) is 7.11 Å². The van der Waals surface area contributed by atoms with Crippen molar-refractivity contribution in [3.63, 3.8) is 0 Å². The van der Waals surface area contributed by atoms with Gasteiger partial charge in [0.1, 0.15) is 5.76 Å². The lowest BCUT2D eigenvalue weighted by Gasteiger charge is -2.03. The molecule has 10 heteroatoms. The number of ether oxygens (including phenoxy) is 1. The highest BCUT2D eigenvalue weighted by atomic mass is 16.5. The second kappa shape index (κ2) is 7.30. The van der Waals surface area contributed by atoms with E-state index in [1.807, 2.05) is 13.8 Å². The van der Waals surface area contributed by atoms with Crippen molar-refractivity contribution >= 4 is 0 Å². The van der Waals surface area contributed by atoms with Crippen LogP contribution in [0.3, 0.4) is 0 Å². The Kier molecular flexibility index (Phi) is 4.67. The number of hydrogen-bond acceptors (Lipinski definition) is 7. The van der Waals surface area contributed by atoms with E-state index in [9.17, 15) is 9.90 Å². The molecule has 29 heavy (non-hydrogen) atoms. The van der Waals surface area contributed by atoms with Crippen molar-refractivity contribution in [2.45, 2.75) is 26.9 Å². The van der Waals surface area contributed by atoms with E-state index in [1.54, 1.807) is 29.1 Å². The summed E-state index contributed by atoms with van der Waals surface area (Å²) in [4.78, 5) is 17.1. The molecule has 10 nitrogen and oxygen atoms in total. The Morgan fingerprint density at radius 2 is 2.03 bits per heavy atom. The van der Waals surface area contributed by atoms with Crippen LogP contribution in [-0.2, 0) is 13.1 Å². The molecular weight excluding hydrogens is 376 g/mol. The maximum atomic E-state index is 12.8. The number of methoxy groups -OCH3 is 1. The minimum atomic E-state index is -0.399. The number of pyridine rings is 1. The summed E-state index contributed by atoms with van der Waals surface area (Å²) >= 11 is 0. The van der Waals surface area contributed by atoms with Crippen LogP contribution < -0.4 is 10.4 Å². The van der Waals surface area contributed by atoms with Gasteiger partial charge in [-0.25, -0.2) is 14.3 Å².